The molecule has 1 aliphatic rings. The van der Waals surface area contributed by atoms with Crippen LogP contribution in [0.15, 0.2) is 24.3 Å². The summed E-state index contributed by atoms with van der Waals surface area (Å²) < 4.78 is 24.9. The van der Waals surface area contributed by atoms with Gasteiger partial charge in [0.05, 0.1) is 12.2 Å². The Bertz CT molecular complexity index is 720. The number of rotatable bonds is 5. The zero-order chi connectivity index (χ0) is 17.7. The van der Waals surface area contributed by atoms with E-state index in [2.05, 4.69) is 10.0 Å². The van der Waals surface area contributed by atoms with E-state index in [-0.39, 0.29) is 18.4 Å². The molecule has 0 spiro atoms. The second-order valence-corrected chi connectivity index (χ2v) is 7.66. The Labute approximate surface area is 141 Å². The molecule has 0 radical (unpaired) electrons. The fourth-order valence-electron chi connectivity index (χ4n) is 2.68. The third-order valence-electron chi connectivity index (χ3n) is 3.80. The number of sulfonamides is 1. The number of urea groups is 1. The van der Waals surface area contributed by atoms with E-state index in [4.69, 9.17) is 5.73 Å². The van der Waals surface area contributed by atoms with Crippen LogP contribution in [-0.2, 0) is 21.4 Å². The predicted molar refractivity (Wildman–Crippen MR) is 90.6 cm³/mol. The maximum Gasteiger partial charge on any atom is 0.314 e. The number of amides is 3. The third kappa shape index (κ3) is 5.41. The molecule has 24 heavy (non-hydrogen) atoms. The summed E-state index contributed by atoms with van der Waals surface area (Å²) in [7, 11) is -3.34. The van der Waals surface area contributed by atoms with Gasteiger partial charge in [-0.2, -0.15) is 0 Å². The van der Waals surface area contributed by atoms with E-state index in [1.54, 1.807) is 24.3 Å². The van der Waals surface area contributed by atoms with Gasteiger partial charge < -0.3 is 16.0 Å². The molecule has 9 heteroatoms. The van der Waals surface area contributed by atoms with Gasteiger partial charge >= 0.3 is 6.03 Å². The van der Waals surface area contributed by atoms with Crippen molar-refractivity contribution < 1.29 is 18.0 Å². The quantitative estimate of drug-likeness (QED) is 0.711. The molecule has 132 valence electrons. The van der Waals surface area contributed by atoms with Crippen molar-refractivity contribution in [1.82, 2.24) is 10.2 Å². The highest BCUT2D eigenvalue weighted by Gasteiger charge is 2.27. The molecule has 1 unspecified atom stereocenters. The minimum absolute atomic E-state index is 0.137. The number of carbonyl (C=O) groups excluding carboxylic acids is 2. The van der Waals surface area contributed by atoms with Crippen LogP contribution in [0, 0.1) is 5.92 Å². The molecule has 0 aliphatic carbocycles. The average Bonchev–Trinajstić information content (AvgIpc) is 2.51. The van der Waals surface area contributed by atoms with E-state index in [9.17, 15) is 18.0 Å². The lowest BCUT2D eigenvalue weighted by molar-refractivity contribution is -0.126. The standard InChI is InChI=1S/C15H22N4O4S/c1-24(22,23)18-13-6-2-4-11(8-13)9-17-14(20)12-5-3-7-19(10-12)15(16)21/h2,4,6,8,12,18H,3,5,7,9-10H2,1H3,(H2,16,21)(H,17,20). The van der Waals surface area contributed by atoms with Crippen LogP contribution in [0.2, 0.25) is 0 Å². The maximum absolute atomic E-state index is 12.3. The number of benzene rings is 1. The van der Waals surface area contributed by atoms with Crippen molar-refractivity contribution in [3.63, 3.8) is 0 Å². The molecule has 4 N–H and O–H groups in total. The topological polar surface area (TPSA) is 122 Å². The highest BCUT2D eigenvalue weighted by Crippen LogP contribution is 2.17. The summed E-state index contributed by atoms with van der Waals surface area (Å²) in [4.78, 5) is 24.9. The Kier molecular flexibility index (Phi) is 5.66. The first-order chi connectivity index (χ1) is 11.2. The largest absolute Gasteiger partial charge is 0.352 e. The van der Waals surface area contributed by atoms with Gasteiger partial charge in [0.25, 0.3) is 0 Å². The zero-order valence-electron chi connectivity index (χ0n) is 13.5. The fourth-order valence-corrected chi connectivity index (χ4v) is 3.24. The van der Waals surface area contributed by atoms with Crippen LogP contribution in [0.1, 0.15) is 18.4 Å². The zero-order valence-corrected chi connectivity index (χ0v) is 14.3. The third-order valence-corrected chi connectivity index (χ3v) is 4.41. The number of primary amides is 1. The van der Waals surface area contributed by atoms with Crippen LogP contribution in [0.4, 0.5) is 10.5 Å². The summed E-state index contributed by atoms with van der Waals surface area (Å²) >= 11 is 0. The lowest BCUT2D eigenvalue weighted by Gasteiger charge is -2.30. The van der Waals surface area contributed by atoms with E-state index < -0.39 is 16.1 Å². The number of hydrogen-bond acceptors (Lipinski definition) is 4. The summed E-state index contributed by atoms with van der Waals surface area (Å²) in [5.74, 6) is -0.411. The van der Waals surface area contributed by atoms with Crippen molar-refractivity contribution in [3.05, 3.63) is 29.8 Å². The van der Waals surface area contributed by atoms with Gasteiger partial charge in [-0.3, -0.25) is 9.52 Å². The number of nitrogens with one attached hydrogen (secondary N) is 2. The Morgan fingerprint density at radius 3 is 2.79 bits per heavy atom. The minimum atomic E-state index is -3.34. The first-order valence-electron chi connectivity index (χ1n) is 7.63. The van der Waals surface area contributed by atoms with Crippen LogP contribution >= 0.6 is 0 Å². The summed E-state index contributed by atoms with van der Waals surface area (Å²) in [6, 6.07) is 6.30. The average molecular weight is 354 g/mol. The van der Waals surface area contributed by atoms with Crippen LogP contribution in [0.25, 0.3) is 0 Å². The number of likely N-dealkylation sites (tertiary alicyclic amines) is 1. The molecule has 1 fully saturated rings. The van der Waals surface area contributed by atoms with Crippen molar-refractivity contribution in [3.8, 4) is 0 Å². The molecule has 3 amide bonds. The summed E-state index contributed by atoms with van der Waals surface area (Å²) in [5.41, 5.74) is 6.48. The summed E-state index contributed by atoms with van der Waals surface area (Å²) in [6.45, 7) is 1.19. The lowest BCUT2D eigenvalue weighted by atomic mass is 9.97. The molecule has 0 saturated carbocycles. The van der Waals surface area contributed by atoms with E-state index >= 15 is 0 Å². The van der Waals surface area contributed by atoms with Crippen LogP contribution in [0.5, 0.6) is 0 Å². The van der Waals surface area contributed by atoms with Gasteiger partial charge in [0.2, 0.25) is 15.9 Å². The van der Waals surface area contributed by atoms with E-state index in [0.29, 0.717) is 25.2 Å². The molecule has 1 atom stereocenters. The van der Waals surface area contributed by atoms with E-state index in [0.717, 1.165) is 18.2 Å². The molecule has 1 saturated heterocycles. The van der Waals surface area contributed by atoms with Gasteiger partial charge in [0.1, 0.15) is 0 Å². The van der Waals surface area contributed by atoms with Crippen molar-refractivity contribution in [2.24, 2.45) is 11.7 Å². The molecule has 0 bridgehead atoms. The molecular formula is C15H22N4O4S. The van der Waals surface area contributed by atoms with Gasteiger partial charge in [-0.1, -0.05) is 12.1 Å². The minimum Gasteiger partial charge on any atom is -0.352 e. The number of nitrogens with two attached hydrogens (primary N) is 1. The van der Waals surface area contributed by atoms with Crippen LogP contribution in [0.3, 0.4) is 0 Å². The van der Waals surface area contributed by atoms with Gasteiger partial charge in [-0.25, -0.2) is 13.2 Å². The molecular weight excluding hydrogens is 332 g/mol. The van der Waals surface area contributed by atoms with Crippen LogP contribution < -0.4 is 15.8 Å². The van der Waals surface area contributed by atoms with Crippen LogP contribution in [-0.4, -0.2) is 44.6 Å². The smallest absolute Gasteiger partial charge is 0.314 e. The first-order valence-corrected chi connectivity index (χ1v) is 9.52. The number of anilines is 1. The monoisotopic (exact) mass is 354 g/mol. The lowest BCUT2D eigenvalue weighted by Crippen LogP contribution is -2.47. The van der Waals surface area contributed by atoms with Gasteiger partial charge in [0.15, 0.2) is 0 Å². The number of nitrogens with zero attached hydrogens (tertiary/aromatic N) is 1. The van der Waals surface area contributed by atoms with Gasteiger partial charge in [0, 0.05) is 25.3 Å². The second-order valence-electron chi connectivity index (χ2n) is 5.92. The number of carbonyl (C=O) groups is 2. The van der Waals surface area contributed by atoms with Crippen molar-refractivity contribution in [2.75, 3.05) is 24.1 Å². The first kappa shape index (κ1) is 18.1. The molecule has 8 nitrogen and oxygen atoms in total. The van der Waals surface area contributed by atoms with Crippen molar-refractivity contribution in [2.45, 2.75) is 19.4 Å². The highest BCUT2D eigenvalue weighted by atomic mass is 32.2. The van der Waals surface area contributed by atoms with Gasteiger partial charge in [-0.05, 0) is 30.5 Å². The Morgan fingerprint density at radius 1 is 1.38 bits per heavy atom. The molecule has 2 rings (SSSR count). The van der Waals surface area contributed by atoms with Crippen molar-refractivity contribution in [1.29, 1.82) is 0 Å². The maximum atomic E-state index is 12.3. The highest BCUT2D eigenvalue weighted by molar-refractivity contribution is 7.92. The molecule has 1 heterocycles. The Hall–Kier alpha value is -2.29. The fraction of sp³-hybridized carbons (Fsp3) is 0.467. The Morgan fingerprint density at radius 2 is 2.12 bits per heavy atom. The molecule has 1 aromatic carbocycles. The van der Waals surface area contributed by atoms with Gasteiger partial charge in [-0.15, -0.1) is 0 Å². The number of piperidine rings is 1. The molecule has 1 aromatic rings. The molecule has 1 aliphatic heterocycles. The van der Waals surface area contributed by atoms with Crippen molar-refractivity contribution >= 4 is 27.6 Å². The molecule has 0 aromatic heterocycles. The Balaban J connectivity index is 1.92. The van der Waals surface area contributed by atoms with E-state index in [1.807, 2.05) is 0 Å². The summed E-state index contributed by atoms with van der Waals surface area (Å²) in [5, 5.41) is 2.82. The van der Waals surface area contributed by atoms with E-state index in [1.165, 1.54) is 4.90 Å². The number of hydrogen-bond donors (Lipinski definition) is 3. The predicted octanol–water partition coefficient (Wildman–Crippen LogP) is 0.465. The summed E-state index contributed by atoms with van der Waals surface area (Å²) in [6.07, 6.45) is 2.54. The second kappa shape index (κ2) is 7.52. The normalized spacial score (nSPS) is 18.0. The SMILES string of the molecule is CS(=O)(=O)Nc1cccc(CNC(=O)C2CCCN(C(N)=O)C2)c1.